The lowest BCUT2D eigenvalue weighted by Gasteiger charge is -2.48. The number of allylic oxidation sites excluding steroid dienone is 1. The molecule has 1 saturated carbocycles. The number of hydrogen-bond acceptors (Lipinski definition) is 9. The van der Waals surface area contributed by atoms with E-state index in [-0.39, 0.29) is 45.9 Å². The summed E-state index contributed by atoms with van der Waals surface area (Å²) in [5.74, 6) is -1.17. The highest BCUT2D eigenvalue weighted by molar-refractivity contribution is 7.92. The van der Waals surface area contributed by atoms with Gasteiger partial charge in [-0.25, -0.2) is 4.21 Å². The van der Waals surface area contributed by atoms with Crippen LogP contribution in [0.5, 0.6) is 11.6 Å². The monoisotopic (exact) mass is 763 g/mol. The molecule has 14 heteroatoms. The zero-order chi connectivity index (χ0) is 37.5. The summed E-state index contributed by atoms with van der Waals surface area (Å²) in [6.45, 7) is 3.51. The lowest BCUT2D eigenvalue weighted by molar-refractivity contribution is -0.135. The van der Waals surface area contributed by atoms with E-state index in [4.69, 9.17) is 25.8 Å². The minimum absolute atomic E-state index is 0.0508. The average Bonchev–Trinajstić information content (AvgIpc) is 3.44. The number of carbonyl (C=O) groups excluding carboxylic acids is 3. The molecule has 3 aromatic rings. The minimum atomic E-state index is -3.68. The Kier molecular flexibility index (Phi) is 10.2. The number of fused-ring (bicyclic) bond motifs is 4. The highest BCUT2D eigenvalue weighted by atomic mass is 35.5. The van der Waals surface area contributed by atoms with E-state index < -0.39 is 27.3 Å². The zero-order valence-electron chi connectivity index (χ0n) is 30.5. The molecule has 1 fully saturated rings. The van der Waals surface area contributed by atoms with E-state index >= 15 is 0 Å². The van der Waals surface area contributed by atoms with Gasteiger partial charge in [-0.3, -0.25) is 23.8 Å². The lowest BCUT2D eigenvalue weighted by Crippen LogP contribution is -2.53. The number of nitrogens with one attached hydrogen (secondary N) is 1. The minimum Gasteiger partial charge on any atom is -0.490 e. The van der Waals surface area contributed by atoms with Crippen molar-refractivity contribution in [3.05, 3.63) is 82.0 Å². The van der Waals surface area contributed by atoms with Crippen molar-refractivity contribution in [3.8, 4) is 11.6 Å². The van der Waals surface area contributed by atoms with Crippen molar-refractivity contribution in [1.82, 2.24) is 14.5 Å². The first kappa shape index (κ1) is 37.1. The largest absolute Gasteiger partial charge is 0.490 e. The van der Waals surface area contributed by atoms with Crippen LogP contribution in [0.15, 0.2) is 59.1 Å². The van der Waals surface area contributed by atoms with Crippen LogP contribution >= 0.6 is 11.6 Å². The number of halogens is 1. The number of methoxy groups -OCH3 is 2. The van der Waals surface area contributed by atoms with Gasteiger partial charge in [-0.15, -0.1) is 9.46 Å². The van der Waals surface area contributed by atoms with Gasteiger partial charge < -0.3 is 19.1 Å². The van der Waals surface area contributed by atoms with Crippen LogP contribution in [0.2, 0.25) is 5.02 Å². The van der Waals surface area contributed by atoms with Crippen molar-refractivity contribution < 1.29 is 32.8 Å². The smallest absolute Gasteiger partial charge is 0.286 e. The second-order valence-corrected chi connectivity index (χ2v) is 17.4. The number of aryl methyl sites for hydroxylation is 2. The number of carbonyl (C=O) groups is 3. The first-order valence-electron chi connectivity index (χ1n) is 18.1. The molecule has 1 N–H and O–H groups in total. The summed E-state index contributed by atoms with van der Waals surface area (Å²) in [5.41, 5.74) is 1.92. The molecule has 3 heterocycles. The number of aldehydes is 1. The van der Waals surface area contributed by atoms with Crippen LogP contribution < -0.4 is 19.1 Å². The van der Waals surface area contributed by atoms with Gasteiger partial charge in [0, 0.05) is 55.4 Å². The summed E-state index contributed by atoms with van der Waals surface area (Å²) in [6.07, 6.45) is 11.0. The maximum atomic E-state index is 14.6. The number of benzene rings is 2. The lowest BCUT2D eigenvalue weighted by atomic mass is 9.64. The number of nitrogens with zero attached hydrogens (tertiary/aromatic N) is 4. The Morgan fingerprint density at radius 2 is 2.02 bits per heavy atom. The van der Waals surface area contributed by atoms with Crippen LogP contribution in [0.1, 0.15) is 70.9 Å². The number of aromatic nitrogens is 2. The first-order chi connectivity index (χ1) is 25.4. The van der Waals surface area contributed by atoms with Gasteiger partial charge in [0.25, 0.3) is 11.8 Å². The first-order valence-corrected chi connectivity index (χ1v) is 20.2. The molecule has 0 saturated heterocycles. The third kappa shape index (κ3) is 7.10. The molecule has 282 valence electrons. The van der Waals surface area contributed by atoms with E-state index in [1.165, 1.54) is 29.1 Å². The van der Waals surface area contributed by atoms with Crippen molar-refractivity contribution in [2.24, 2.45) is 29.2 Å². The Labute approximate surface area is 315 Å². The van der Waals surface area contributed by atoms with Gasteiger partial charge in [0.15, 0.2) is 6.29 Å². The molecule has 6 atom stereocenters. The molecule has 0 unspecified atom stereocenters. The molecule has 7 rings (SSSR count). The van der Waals surface area contributed by atoms with E-state index in [1.54, 1.807) is 32.4 Å². The molecule has 0 radical (unpaired) electrons. The van der Waals surface area contributed by atoms with Gasteiger partial charge in [-0.2, -0.15) is 0 Å². The molecule has 2 amide bonds. The van der Waals surface area contributed by atoms with Crippen molar-refractivity contribution in [1.29, 1.82) is 0 Å². The van der Waals surface area contributed by atoms with Crippen LogP contribution in [0.4, 0.5) is 5.69 Å². The summed E-state index contributed by atoms with van der Waals surface area (Å²) >= 11 is 6.45. The quantitative estimate of drug-likeness (QED) is 0.255. The molecule has 2 aromatic carbocycles. The molecule has 53 heavy (non-hydrogen) atoms. The predicted molar refractivity (Wildman–Crippen MR) is 202 cm³/mol. The Morgan fingerprint density at radius 1 is 1.19 bits per heavy atom. The van der Waals surface area contributed by atoms with Crippen molar-refractivity contribution >= 4 is 45.3 Å². The third-order valence-corrected chi connectivity index (χ3v) is 13.6. The van der Waals surface area contributed by atoms with Crippen LogP contribution in [0.25, 0.3) is 0 Å². The van der Waals surface area contributed by atoms with E-state index in [9.17, 15) is 18.6 Å². The summed E-state index contributed by atoms with van der Waals surface area (Å²) < 4.78 is 40.7. The number of amides is 2. The van der Waals surface area contributed by atoms with Crippen LogP contribution in [-0.2, 0) is 38.3 Å². The second-order valence-electron chi connectivity index (χ2n) is 15.0. The zero-order valence-corrected chi connectivity index (χ0v) is 32.1. The SMILES string of the molecule is COc1nn(C)cc1C(=O)N[S@@]1(=O)=NC(=O)c2ccc3c(c2)N(C[C@@H]2CC[C@H]2[C@@](C=O)(OC)/C=C/C[C@H](C)C1)C[C@@]1(CCCc2cc(Cl)ccc21)CO3. The van der Waals surface area contributed by atoms with Crippen molar-refractivity contribution in [2.75, 3.05) is 44.6 Å². The van der Waals surface area contributed by atoms with E-state index in [0.717, 1.165) is 44.1 Å². The summed E-state index contributed by atoms with van der Waals surface area (Å²) in [4.78, 5) is 42.8. The molecule has 1 aromatic heterocycles. The van der Waals surface area contributed by atoms with Crippen LogP contribution in [0, 0.1) is 17.8 Å². The average molecular weight is 764 g/mol. The number of ether oxygens (including phenoxy) is 3. The van der Waals surface area contributed by atoms with Gasteiger partial charge in [0.2, 0.25) is 5.88 Å². The number of hydrogen-bond donors (Lipinski definition) is 1. The molecule has 4 aliphatic rings. The molecule has 2 aliphatic carbocycles. The highest BCUT2D eigenvalue weighted by Gasteiger charge is 2.49. The van der Waals surface area contributed by atoms with Gasteiger partial charge in [-0.05, 0) is 97.9 Å². The van der Waals surface area contributed by atoms with Gasteiger partial charge >= 0.3 is 0 Å². The normalized spacial score (nSPS) is 30.4. The maximum absolute atomic E-state index is 14.6. The molecular formula is C39H46ClN5O7S. The van der Waals surface area contributed by atoms with Crippen molar-refractivity contribution in [2.45, 2.75) is 56.5 Å². The summed E-state index contributed by atoms with van der Waals surface area (Å²) in [7, 11) is 0.899. The number of rotatable bonds is 5. The highest BCUT2D eigenvalue weighted by Crippen LogP contribution is 2.48. The standard InChI is InChI=1S/C39H46ClN5O7S/c1-25-7-5-16-39(23-46,51-4)32-12-9-28(32)19-45-22-38(15-6-8-26-17-29(40)11-13-31(26)38)24-52-34-14-10-27(18-33(34)45)35(47)42-53(49,21-25)43-36(48)30-20-44(2)41-37(30)50-3/h5,10-11,13-14,16-18,20,23,25,28,32H,6-9,12,15,19,21-22,24H2,1-4H3,(H,42,43,47,48,49)/b16-5+/t25-,28-,32+,38-,39+,53-/m0/s1. The fourth-order valence-corrected chi connectivity index (χ4v) is 10.7. The fraction of sp³-hybridized carbons (Fsp3) is 0.487. The molecule has 12 nitrogen and oxygen atoms in total. The molecule has 2 bridgehead atoms. The van der Waals surface area contributed by atoms with Gasteiger partial charge in [-0.1, -0.05) is 30.7 Å². The Morgan fingerprint density at radius 3 is 2.75 bits per heavy atom. The van der Waals surface area contributed by atoms with E-state index in [0.29, 0.717) is 36.9 Å². The summed E-state index contributed by atoms with van der Waals surface area (Å²) in [5, 5.41) is 4.84. The van der Waals surface area contributed by atoms with E-state index in [1.807, 2.05) is 25.1 Å². The molecule has 2 aliphatic heterocycles. The number of anilines is 1. The topological polar surface area (TPSA) is 141 Å². The van der Waals surface area contributed by atoms with Gasteiger partial charge in [0.1, 0.15) is 26.8 Å². The maximum Gasteiger partial charge on any atom is 0.286 e. The van der Waals surface area contributed by atoms with Crippen LogP contribution in [-0.4, -0.2) is 77.4 Å². The van der Waals surface area contributed by atoms with Crippen molar-refractivity contribution in [3.63, 3.8) is 0 Å². The predicted octanol–water partition coefficient (Wildman–Crippen LogP) is 5.71. The summed E-state index contributed by atoms with van der Waals surface area (Å²) in [6, 6.07) is 11.3. The third-order valence-electron chi connectivity index (χ3n) is 11.4. The van der Waals surface area contributed by atoms with Crippen LogP contribution in [0.3, 0.4) is 0 Å². The molecular weight excluding hydrogens is 718 g/mol. The Bertz CT molecular complexity index is 2090. The fourth-order valence-electron chi connectivity index (χ4n) is 8.63. The Hall–Kier alpha value is -4.20. The Balaban J connectivity index is 1.33. The molecule has 1 spiro atoms. The van der Waals surface area contributed by atoms with Gasteiger partial charge in [0.05, 0.1) is 25.2 Å². The van der Waals surface area contributed by atoms with E-state index in [2.05, 4.69) is 31.2 Å². The second kappa shape index (κ2) is 14.6.